The van der Waals surface area contributed by atoms with Crippen molar-refractivity contribution < 1.29 is 29.0 Å². The first-order valence-corrected chi connectivity index (χ1v) is 17.7. The SMILES string of the molecule is O=C(Nc1ccc(C2SC(=Nc3ccc(N4CCOCC4)cc3)N(Cc3ccccn3)C2=O)cc1)[C@H]1C[C@H](O)CN1C(=O)OCc1ccccc1. The molecule has 1 aromatic heterocycles. The molecule has 7 rings (SSSR count). The number of benzene rings is 3. The highest BCUT2D eigenvalue weighted by Gasteiger charge is 2.41. The first kappa shape index (κ1) is 34.2. The molecule has 3 fully saturated rings. The molecule has 13 heteroatoms. The Morgan fingerprint density at radius 2 is 1.71 bits per heavy atom. The maximum atomic E-state index is 13.9. The smallest absolute Gasteiger partial charge is 0.410 e. The van der Waals surface area contributed by atoms with Crippen molar-refractivity contribution in [3.05, 3.63) is 120 Å². The van der Waals surface area contributed by atoms with Gasteiger partial charge in [0.2, 0.25) is 11.8 Å². The second-order valence-electron chi connectivity index (χ2n) is 12.5. The third-order valence-corrected chi connectivity index (χ3v) is 10.2. The average Bonchev–Trinajstić information content (AvgIpc) is 3.71. The minimum atomic E-state index is -0.892. The third kappa shape index (κ3) is 8.22. The number of likely N-dealkylation sites (tertiary alicyclic amines) is 1. The number of nitrogens with zero attached hydrogens (tertiary/aromatic N) is 5. The summed E-state index contributed by atoms with van der Waals surface area (Å²) in [4.78, 5) is 54.7. The number of morpholine rings is 1. The van der Waals surface area contributed by atoms with E-state index in [1.165, 1.54) is 16.7 Å². The van der Waals surface area contributed by atoms with Crippen molar-refractivity contribution in [1.82, 2.24) is 14.8 Å². The number of thioether (sulfide) groups is 1. The van der Waals surface area contributed by atoms with Gasteiger partial charge in [0.05, 0.1) is 43.8 Å². The molecule has 0 radical (unpaired) electrons. The minimum absolute atomic E-state index is 0.00255. The summed E-state index contributed by atoms with van der Waals surface area (Å²) in [7, 11) is 0. The first-order chi connectivity index (χ1) is 24.9. The van der Waals surface area contributed by atoms with E-state index in [1.807, 2.05) is 72.8 Å². The van der Waals surface area contributed by atoms with Crippen LogP contribution in [0.25, 0.3) is 0 Å². The number of aliphatic hydroxyl groups excluding tert-OH is 1. The number of carbonyl (C=O) groups is 3. The van der Waals surface area contributed by atoms with Crippen LogP contribution in [-0.4, -0.2) is 88.0 Å². The highest BCUT2D eigenvalue weighted by Crippen LogP contribution is 2.41. The van der Waals surface area contributed by atoms with Gasteiger partial charge < -0.3 is 24.8 Å². The zero-order chi connectivity index (χ0) is 35.2. The number of aromatic nitrogens is 1. The number of ether oxygens (including phenoxy) is 2. The fourth-order valence-electron chi connectivity index (χ4n) is 6.25. The number of pyridine rings is 1. The Kier molecular flexibility index (Phi) is 10.6. The zero-order valence-corrected chi connectivity index (χ0v) is 28.7. The summed E-state index contributed by atoms with van der Waals surface area (Å²) in [5, 5.41) is 13.2. The van der Waals surface area contributed by atoms with E-state index < -0.39 is 29.4 Å². The molecule has 1 unspecified atom stereocenters. The predicted octanol–water partition coefficient (Wildman–Crippen LogP) is 5.13. The van der Waals surface area contributed by atoms with Gasteiger partial charge in [-0.25, -0.2) is 9.79 Å². The fraction of sp³-hybridized carbons (Fsp3) is 0.289. The Bertz CT molecular complexity index is 1860. The molecular weight excluding hydrogens is 669 g/mol. The van der Waals surface area contributed by atoms with Crippen LogP contribution < -0.4 is 10.2 Å². The molecule has 3 atom stereocenters. The number of rotatable bonds is 9. The Labute approximate surface area is 300 Å². The second kappa shape index (κ2) is 15.8. The van der Waals surface area contributed by atoms with E-state index in [2.05, 4.69) is 15.2 Å². The highest BCUT2D eigenvalue weighted by atomic mass is 32.2. The van der Waals surface area contributed by atoms with E-state index >= 15 is 0 Å². The molecule has 0 saturated carbocycles. The molecule has 3 amide bonds. The summed E-state index contributed by atoms with van der Waals surface area (Å²) in [5.41, 5.74) is 4.66. The van der Waals surface area contributed by atoms with Gasteiger partial charge in [0, 0.05) is 37.1 Å². The number of nitrogens with one attached hydrogen (secondary N) is 1. The molecule has 51 heavy (non-hydrogen) atoms. The molecule has 4 aromatic rings. The molecule has 2 N–H and O–H groups in total. The molecule has 0 aliphatic carbocycles. The topological polar surface area (TPSA) is 137 Å². The monoisotopic (exact) mass is 706 g/mol. The number of aliphatic imine (C=N–C) groups is 1. The molecule has 3 saturated heterocycles. The van der Waals surface area contributed by atoms with Crippen molar-refractivity contribution in [2.75, 3.05) is 43.1 Å². The van der Waals surface area contributed by atoms with Crippen LogP contribution in [0.1, 0.15) is 28.5 Å². The largest absolute Gasteiger partial charge is 0.445 e. The summed E-state index contributed by atoms with van der Waals surface area (Å²) in [6.45, 7) is 3.43. The number of aliphatic hydroxyl groups is 1. The number of anilines is 2. The number of amidine groups is 1. The lowest BCUT2D eigenvalue weighted by molar-refractivity contribution is -0.126. The first-order valence-electron chi connectivity index (χ1n) is 16.9. The standard InChI is InChI=1S/C38H38N6O6S/c45-32-22-33(43(24-32)38(48)50-25-26-6-2-1-3-7-26)35(46)40-28-11-9-27(10-12-28)34-36(47)44(23-30-8-4-5-17-39-30)37(51-34)41-29-13-15-31(16-14-29)42-18-20-49-21-19-42/h1-17,32-34,45H,18-25H2,(H,40,46)/t32-,33+,34?/m0/s1. The van der Waals surface area contributed by atoms with E-state index in [-0.39, 0.29) is 32.0 Å². The lowest BCUT2D eigenvalue weighted by Crippen LogP contribution is -2.43. The average molecular weight is 707 g/mol. The van der Waals surface area contributed by atoms with E-state index in [0.29, 0.717) is 24.1 Å². The zero-order valence-electron chi connectivity index (χ0n) is 27.8. The van der Waals surface area contributed by atoms with Crippen LogP contribution in [0.3, 0.4) is 0 Å². The number of β-amino-alcohol motifs (C(OH)–C–C–N with tert-alkyl or cyclic N) is 1. The van der Waals surface area contributed by atoms with Crippen LogP contribution in [-0.2, 0) is 32.2 Å². The van der Waals surface area contributed by atoms with Gasteiger partial charge in [-0.05, 0) is 59.7 Å². The minimum Gasteiger partial charge on any atom is -0.445 e. The predicted molar refractivity (Wildman–Crippen MR) is 195 cm³/mol. The fourth-order valence-corrected chi connectivity index (χ4v) is 7.43. The van der Waals surface area contributed by atoms with Crippen LogP contribution in [0.15, 0.2) is 108 Å². The Morgan fingerprint density at radius 3 is 2.43 bits per heavy atom. The highest BCUT2D eigenvalue weighted by molar-refractivity contribution is 8.15. The summed E-state index contributed by atoms with van der Waals surface area (Å²) >= 11 is 1.37. The maximum Gasteiger partial charge on any atom is 0.410 e. The van der Waals surface area contributed by atoms with Gasteiger partial charge in [-0.1, -0.05) is 60.3 Å². The molecular formula is C38H38N6O6S. The quantitative estimate of drug-likeness (QED) is 0.243. The molecule has 3 aliphatic heterocycles. The van der Waals surface area contributed by atoms with Gasteiger partial charge in [0.1, 0.15) is 17.9 Å². The van der Waals surface area contributed by atoms with Crippen molar-refractivity contribution in [3.63, 3.8) is 0 Å². The van der Waals surface area contributed by atoms with Crippen molar-refractivity contribution in [3.8, 4) is 0 Å². The number of hydrogen-bond acceptors (Lipinski definition) is 10. The normalized spacial score (nSPS) is 21.3. The van der Waals surface area contributed by atoms with Crippen molar-refractivity contribution >= 4 is 51.9 Å². The maximum absolute atomic E-state index is 13.9. The number of amides is 3. The van der Waals surface area contributed by atoms with Crippen LogP contribution in [0.2, 0.25) is 0 Å². The molecule has 12 nitrogen and oxygen atoms in total. The Balaban J connectivity index is 1.03. The lowest BCUT2D eigenvalue weighted by atomic mass is 10.1. The summed E-state index contributed by atoms with van der Waals surface area (Å²) in [6.07, 6.45) is 0.295. The molecule has 0 spiro atoms. The Morgan fingerprint density at radius 1 is 0.961 bits per heavy atom. The van der Waals surface area contributed by atoms with Crippen LogP contribution in [0, 0.1) is 0 Å². The van der Waals surface area contributed by atoms with Gasteiger partial charge >= 0.3 is 6.09 Å². The number of carbonyl (C=O) groups excluding carboxylic acids is 3. The molecule has 4 heterocycles. The van der Waals surface area contributed by atoms with Gasteiger partial charge in [0.25, 0.3) is 0 Å². The summed E-state index contributed by atoms with van der Waals surface area (Å²) in [6, 6.07) is 29.0. The van der Waals surface area contributed by atoms with Gasteiger partial charge in [0.15, 0.2) is 5.17 Å². The second-order valence-corrected chi connectivity index (χ2v) is 13.5. The molecule has 262 valence electrons. The van der Waals surface area contributed by atoms with Crippen molar-refractivity contribution in [2.24, 2.45) is 4.99 Å². The van der Waals surface area contributed by atoms with Crippen molar-refractivity contribution in [1.29, 1.82) is 0 Å². The molecule has 0 bridgehead atoms. The summed E-state index contributed by atoms with van der Waals surface area (Å²) < 4.78 is 10.9. The Hall–Kier alpha value is -5.24. The third-order valence-electron chi connectivity index (χ3n) is 8.94. The molecule has 3 aliphatic rings. The van der Waals surface area contributed by atoms with Gasteiger partial charge in [-0.15, -0.1) is 0 Å². The van der Waals surface area contributed by atoms with Crippen LogP contribution >= 0.6 is 11.8 Å². The van der Waals surface area contributed by atoms with Crippen molar-refractivity contribution in [2.45, 2.75) is 37.0 Å². The van der Waals surface area contributed by atoms with Gasteiger partial charge in [-0.3, -0.25) is 24.4 Å². The molecule has 3 aromatic carbocycles. The van der Waals surface area contributed by atoms with Crippen LogP contribution in [0.5, 0.6) is 0 Å². The van der Waals surface area contributed by atoms with Gasteiger partial charge in [-0.2, -0.15) is 0 Å². The lowest BCUT2D eigenvalue weighted by Gasteiger charge is -2.28. The van der Waals surface area contributed by atoms with E-state index in [9.17, 15) is 19.5 Å². The van der Waals surface area contributed by atoms with E-state index in [1.54, 1.807) is 35.4 Å². The number of hydrogen-bond donors (Lipinski definition) is 2. The van der Waals surface area contributed by atoms with Crippen LogP contribution in [0.4, 0.5) is 21.9 Å². The van der Waals surface area contributed by atoms with E-state index in [4.69, 9.17) is 14.5 Å². The summed E-state index contributed by atoms with van der Waals surface area (Å²) in [5.74, 6) is -0.548. The van der Waals surface area contributed by atoms with E-state index in [0.717, 1.165) is 41.3 Å².